The van der Waals surface area contributed by atoms with Crippen molar-refractivity contribution in [2.24, 2.45) is 5.92 Å². The van der Waals surface area contributed by atoms with E-state index in [0.29, 0.717) is 5.38 Å². The molecule has 1 nitrogen and oxygen atoms in total. The molecule has 1 saturated carbocycles. The average Bonchev–Trinajstić information content (AvgIpc) is 2.71. The highest BCUT2D eigenvalue weighted by molar-refractivity contribution is 7.18. The second-order valence-corrected chi connectivity index (χ2v) is 6.64. The number of fused-ring (bicyclic) bond motifs is 1. The molecule has 0 bridgehead atoms. The van der Waals surface area contributed by atoms with Gasteiger partial charge in [0.15, 0.2) is 0 Å². The van der Waals surface area contributed by atoms with Gasteiger partial charge >= 0.3 is 0 Å². The van der Waals surface area contributed by atoms with Crippen LogP contribution in [0.2, 0.25) is 0 Å². The van der Waals surface area contributed by atoms with Crippen LogP contribution in [0.1, 0.15) is 30.7 Å². The van der Waals surface area contributed by atoms with Crippen LogP contribution in [0.4, 0.5) is 0 Å². The summed E-state index contributed by atoms with van der Waals surface area (Å²) in [7, 11) is 0. The Bertz CT molecular complexity index is 475. The maximum absolute atomic E-state index is 6.24. The first-order valence-corrected chi connectivity index (χ1v) is 7.55. The third-order valence-corrected chi connectivity index (χ3v) is 4.98. The molecule has 3 rings (SSSR count). The van der Waals surface area contributed by atoms with E-state index < -0.39 is 0 Å². The van der Waals surface area contributed by atoms with Crippen LogP contribution in [0, 0.1) is 5.92 Å². The van der Waals surface area contributed by atoms with Crippen LogP contribution in [-0.4, -0.2) is 10.4 Å². The van der Waals surface area contributed by atoms with Gasteiger partial charge < -0.3 is 0 Å². The molecule has 0 aliphatic heterocycles. The lowest BCUT2D eigenvalue weighted by Gasteiger charge is -2.24. The van der Waals surface area contributed by atoms with Crippen molar-refractivity contribution in [2.45, 2.75) is 37.5 Å². The van der Waals surface area contributed by atoms with E-state index in [2.05, 4.69) is 24.3 Å². The molecular weight excluding hydrogens is 250 g/mol. The van der Waals surface area contributed by atoms with Gasteiger partial charge in [-0.15, -0.1) is 22.9 Å². The predicted octanol–water partition coefficient (Wildman–Crippen LogP) is 4.64. The van der Waals surface area contributed by atoms with Crippen molar-refractivity contribution >= 4 is 33.2 Å². The largest absolute Gasteiger partial charge is 0.241 e. The van der Waals surface area contributed by atoms with Crippen LogP contribution in [0.25, 0.3) is 10.2 Å². The van der Waals surface area contributed by atoms with Crippen LogP contribution >= 0.6 is 22.9 Å². The molecule has 1 fully saturated rings. The molecule has 1 aromatic heterocycles. The fourth-order valence-corrected chi connectivity index (χ4v) is 4.15. The van der Waals surface area contributed by atoms with E-state index in [4.69, 9.17) is 16.6 Å². The Kier molecular flexibility index (Phi) is 3.34. The van der Waals surface area contributed by atoms with Gasteiger partial charge in [0.1, 0.15) is 0 Å². The van der Waals surface area contributed by atoms with E-state index in [1.807, 2.05) is 11.3 Å². The van der Waals surface area contributed by atoms with Gasteiger partial charge in [0.25, 0.3) is 0 Å². The maximum Gasteiger partial charge on any atom is 0.0941 e. The molecular formula is C14H16ClNS. The van der Waals surface area contributed by atoms with Gasteiger partial charge in [-0.25, -0.2) is 4.98 Å². The summed E-state index contributed by atoms with van der Waals surface area (Å²) in [5.41, 5.74) is 1.14. The average molecular weight is 266 g/mol. The lowest BCUT2D eigenvalue weighted by molar-refractivity contribution is 0.361. The Morgan fingerprint density at radius 3 is 3.00 bits per heavy atom. The van der Waals surface area contributed by atoms with Crippen LogP contribution in [0.15, 0.2) is 24.3 Å². The number of halogens is 1. The molecule has 0 radical (unpaired) electrons. The number of thiazole rings is 1. The third kappa shape index (κ3) is 2.63. The van der Waals surface area contributed by atoms with Crippen LogP contribution in [0.3, 0.4) is 0 Å². The second kappa shape index (κ2) is 4.95. The minimum absolute atomic E-state index is 0.392. The van der Waals surface area contributed by atoms with Crippen molar-refractivity contribution in [3.63, 3.8) is 0 Å². The highest BCUT2D eigenvalue weighted by Gasteiger charge is 2.21. The zero-order valence-electron chi connectivity index (χ0n) is 9.73. The molecule has 2 atom stereocenters. The molecule has 0 spiro atoms. The number of nitrogens with zero attached hydrogens (tertiary/aromatic N) is 1. The topological polar surface area (TPSA) is 12.9 Å². The normalized spacial score (nSPS) is 25.2. The number of aromatic nitrogens is 1. The van der Waals surface area contributed by atoms with Gasteiger partial charge in [0, 0.05) is 11.8 Å². The zero-order valence-corrected chi connectivity index (χ0v) is 11.3. The fourth-order valence-electron chi connectivity index (χ4n) is 2.66. The van der Waals surface area contributed by atoms with Crippen molar-refractivity contribution in [3.8, 4) is 0 Å². The van der Waals surface area contributed by atoms with Gasteiger partial charge in [-0.1, -0.05) is 18.6 Å². The standard InChI is InChI=1S/C14H16ClNS/c15-11-5-3-4-10(8-11)9-14-16-12-6-1-2-7-13(12)17-14/h1-2,6-7,10-11H,3-5,8-9H2. The van der Waals surface area contributed by atoms with Gasteiger partial charge in [-0.05, 0) is 37.3 Å². The lowest BCUT2D eigenvalue weighted by atomic mass is 9.87. The van der Waals surface area contributed by atoms with E-state index >= 15 is 0 Å². The van der Waals surface area contributed by atoms with Gasteiger partial charge in [-0.3, -0.25) is 0 Å². The van der Waals surface area contributed by atoms with E-state index in [9.17, 15) is 0 Å². The summed E-state index contributed by atoms with van der Waals surface area (Å²) in [4.78, 5) is 4.71. The quantitative estimate of drug-likeness (QED) is 0.721. The summed E-state index contributed by atoms with van der Waals surface area (Å²) in [6, 6.07) is 8.39. The summed E-state index contributed by atoms with van der Waals surface area (Å²) in [5, 5.41) is 1.67. The van der Waals surface area contributed by atoms with Crippen molar-refractivity contribution in [2.75, 3.05) is 0 Å². The molecule has 1 aromatic carbocycles. The number of benzene rings is 1. The number of alkyl halides is 1. The van der Waals surface area contributed by atoms with Crippen molar-refractivity contribution in [3.05, 3.63) is 29.3 Å². The predicted molar refractivity (Wildman–Crippen MR) is 74.9 cm³/mol. The van der Waals surface area contributed by atoms with Gasteiger partial charge in [0.05, 0.1) is 15.2 Å². The summed E-state index contributed by atoms with van der Waals surface area (Å²) in [6.45, 7) is 0. The fraction of sp³-hybridized carbons (Fsp3) is 0.500. The molecule has 90 valence electrons. The lowest BCUT2D eigenvalue weighted by Crippen LogP contribution is -2.17. The van der Waals surface area contributed by atoms with Gasteiger partial charge in [-0.2, -0.15) is 0 Å². The molecule has 1 heterocycles. The number of rotatable bonds is 2. The van der Waals surface area contributed by atoms with E-state index in [-0.39, 0.29) is 0 Å². The first-order chi connectivity index (χ1) is 8.31. The Morgan fingerprint density at radius 1 is 1.29 bits per heavy atom. The molecule has 17 heavy (non-hydrogen) atoms. The first kappa shape index (κ1) is 11.5. The number of hydrogen-bond donors (Lipinski definition) is 0. The summed E-state index contributed by atoms with van der Waals surface area (Å²) >= 11 is 8.08. The van der Waals surface area contributed by atoms with Gasteiger partial charge in [0.2, 0.25) is 0 Å². The molecule has 0 saturated heterocycles. The monoisotopic (exact) mass is 265 g/mol. The SMILES string of the molecule is ClC1CCCC(Cc2nc3ccccc3s2)C1. The highest BCUT2D eigenvalue weighted by Crippen LogP contribution is 2.32. The van der Waals surface area contributed by atoms with Crippen LogP contribution < -0.4 is 0 Å². The molecule has 3 heteroatoms. The molecule has 1 aliphatic rings. The van der Waals surface area contributed by atoms with Crippen molar-refractivity contribution in [1.82, 2.24) is 4.98 Å². The van der Waals surface area contributed by atoms with Crippen LogP contribution in [-0.2, 0) is 6.42 Å². The van der Waals surface area contributed by atoms with E-state index in [1.54, 1.807) is 0 Å². The molecule has 2 aromatic rings. The summed E-state index contributed by atoms with van der Waals surface area (Å²) < 4.78 is 1.31. The molecule has 0 amide bonds. The Labute approximate surface area is 111 Å². The van der Waals surface area contributed by atoms with E-state index in [1.165, 1.54) is 29.0 Å². The smallest absolute Gasteiger partial charge is 0.0941 e. The van der Waals surface area contributed by atoms with Crippen molar-refractivity contribution in [1.29, 1.82) is 0 Å². The maximum atomic E-state index is 6.24. The van der Waals surface area contributed by atoms with Crippen molar-refractivity contribution < 1.29 is 0 Å². The Hall–Kier alpha value is -0.600. The summed E-state index contributed by atoms with van der Waals surface area (Å²) in [5.74, 6) is 0.742. The van der Waals surface area contributed by atoms with E-state index in [0.717, 1.165) is 24.3 Å². The number of para-hydroxylation sites is 1. The first-order valence-electron chi connectivity index (χ1n) is 6.30. The number of hydrogen-bond acceptors (Lipinski definition) is 2. The molecule has 1 aliphatic carbocycles. The van der Waals surface area contributed by atoms with Crippen LogP contribution in [0.5, 0.6) is 0 Å². The Morgan fingerprint density at radius 2 is 2.18 bits per heavy atom. The highest BCUT2D eigenvalue weighted by atomic mass is 35.5. The third-order valence-electron chi connectivity index (χ3n) is 3.52. The molecule has 0 N–H and O–H groups in total. The minimum atomic E-state index is 0.392. The Balaban J connectivity index is 1.75. The second-order valence-electron chi connectivity index (χ2n) is 4.91. The minimum Gasteiger partial charge on any atom is -0.241 e. The zero-order chi connectivity index (χ0) is 11.7. The summed E-state index contributed by atoms with van der Waals surface area (Å²) in [6.07, 6.45) is 6.07. The molecule has 2 unspecified atom stereocenters.